The van der Waals surface area contributed by atoms with Crippen molar-refractivity contribution < 1.29 is 28.2 Å². The predicted molar refractivity (Wildman–Crippen MR) is 134 cm³/mol. The van der Waals surface area contributed by atoms with Crippen LogP contribution in [0.3, 0.4) is 0 Å². The molecule has 192 valence electrons. The summed E-state index contributed by atoms with van der Waals surface area (Å²) in [4.78, 5) is 46.7. The fraction of sp³-hybridized carbons (Fsp3) is 0.462. The first-order chi connectivity index (χ1) is 17.4. The first-order valence-corrected chi connectivity index (χ1v) is 13.0. The van der Waals surface area contributed by atoms with Gasteiger partial charge in [-0.25, -0.2) is 14.2 Å². The van der Waals surface area contributed by atoms with Gasteiger partial charge < -0.3 is 19.3 Å². The summed E-state index contributed by atoms with van der Waals surface area (Å²) >= 11 is 1.37. The third-order valence-corrected chi connectivity index (χ3v) is 7.41. The van der Waals surface area contributed by atoms with Crippen LogP contribution in [0.2, 0.25) is 0 Å². The number of piperidine rings is 1. The molecule has 3 heterocycles. The van der Waals surface area contributed by atoms with E-state index in [1.807, 2.05) is 17.2 Å². The lowest BCUT2D eigenvalue weighted by Gasteiger charge is -2.37. The van der Waals surface area contributed by atoms with E-state index in [2.05, 4.69) is 4.99 Å². The van der Waals surface area contributed by atoms with Gasteiger partial charge in [0.05, 0.1) is 43.4 Å². The molecule has 4 rings (SSSR count). The highest BCUT2D eigenvalue weighted by Crippen LogP contribution is 2.45. The second kappa shape index (κ2) is 11.3. The molecule has 0 aromatic heterocycles. The maximum absolute atomic E-state index is 14.3. The van der Waals surface area contributed by atoms with Crippen LogP contribution in [0.4, 0.5) is 4.39 Å². The standard InChI is InChI=1S/C26H30FN3O5S/c1-4-20-22(25(33)34-3)23(16-8-6-10-18(27)12-16)30-19(15-36-26(30)28-20)13-21(31)29-11-7-9-17(14-29)24(32)35-5-2/h6,8,10,12,15,17,23H,4-5,7,9,11,13-14H2,1-3H3/t17-,23+/m1/s1. The van der Waals surface area contributed by atoms with Crippen molar-refractivity contribution in [2.24, 2.45) is 10.9 Å². The number of ether oxygens (including phenoxy) is 2. The minimum Gasteiger partial charge on any atom is -0.466 e. The van der Waals surface area contributed by atoms with Gasteiger partial charge in [-0.15, -0.1) is 0 Å². The van der Waals surface area contributed by atoms with Crippen molar-refractivity contribution in [2.75, 3.05) is 26.8 Å². The number of methoxy groups -OCH3 is 1. The first-order valence-electron chi connectivity index (χ1n) is 12.1. The molecule has 1 amide bonds. The molecule has 0 radical (unpaired) electrons. The van der Waals surface area contributed by atoms with Gasteiger partial charge >= 0.3 is 11.9 Å². The van der Waals surface area contributed by atoms with Crippen LogP contribution < -0.4 is 0 Å². The quantitative estimate of drug-likeness (QED) is 0.504. The summed E-state index contributed by atoms with van der Waals surface area (Å²) in [6.45, 7) is 4.86. The van der Waals surface area contributed by atoms with Gasteiger partial charge in [-0.3, -0.25) is 9.59 Å². The molecule has 1 aromatic rings. The van der Waals surface area contributed by atoms with Crippen molar-refractivity contribution in [3.05, 3.63) is 58.0 Å². The van der Waals surface area contributed by atoms with Crippen LogP contribution >= 0.6 is 11.8 Å². The van der Waals surface area contributed by atoms with Crippen molar-refractivity contribution in [1.82, 2.24) is 9.80 Å². The molecule has 3 aliphatic heterocycles. The van der Waals surface area contributed by atoms with Crippen LogP contribution in [0.25, 0.3) is 0 Å². The average molecular weight is 516 g/mol. The predicted octanol–water partition coefficient (Wildman–Crippen LogP) is 4.16. The molecule has 3 aliphatic rings. The zero-order valence-corrected chi connectivity index (χ0v) is 21.5. The lowest BCUT2D eigenvalue weighted by atomic mass is 9.92. The third-order valence-electron chi connectivity index (χ3n) is 6.52. The first kappa shape index (κ1) is 25.9. The molecule has 8 nitrogen and oxygen atoms in total. The van der Waals surface area contributed by atoms with Crippen molar-refractivity contribution in [1.29, 1.82) is 0 Å². The number of halogens is 1. The lowest BCUT2D eigenvalue weighted by molar-refractivity contribution is -0.151. The molecule has 0 spiro atoms. The van der Waals surface area contributed by atoms with E-state index in [1.165, 1.54) is 31.0 Å². The van der Waals surface area contributed by atoms with Crippen LogP contribution in [0, 0.1) is 11.7 Å². The summed E-state index contributed by atoms with van der Waals surface area (Å²) in [6.07, 6.45) is 1.97. The highest BCUT2D eigenvalue weighted by Gasteiger charge is 2.42. The number of hydrogen-bond acceptors (Lipinski definition) is 8. The van der Waals surface area contributed by atoms with Gasteiger partial charge in [0.1, 0.15) is 5.82 Å². The molecule has 0 N–H and O–H groups in total. The van der Waals surface area contributed by atoms with Gasteiger partial charge in [-0.05, 0) is 49.3 Å². The molecule has 0 unspecified atom stereocenters. The molecular formula is C26H30FN3O5S. The zero-order valence-electron chi connectivity index (χ0n) is 20.7. The summed E-state index contributed by atoms with van der Waals surface area (Å²) in [5.41, 5.74) is 2.13. The number of rotatable bonds is 7. The van der Waals surface area contributed by atoms with E-state index < -0.39 is 17.8 Å². The summed E-state index contributed by atoms with van der Waals surface area (Å²) in [5.74, 6) is -1.70. The number of benzene rings is 1. The number of aliphatic imine (C=N–C) groups is 1. The van der Waals surface area contributed by atoms with Gasteiger partial charge in [-0.1, -0.05) is 30.8 Å². The molecule has 0 saturated carbocycles. The number of amidine groups is 1. The van der Waals surface area contributed by atoms with Crippen molar-refractivity contribution in [2.45, 2.75) is 45.6 Å². The fourth-order valence-electron chi connectivity index (χ4n) is 4.83. The van der Waals surface area contributed by atoms with E-state index in [0.717, 1.165) is 6.42 Å². The number of hydrogen-bond donors (Lipinski definition) is 0. The Bertz CT molecular complexity index is 1150. The van der Waals surface area contributed by atoms with Crippen LogP contribution in [-0.4, -0.2) is 59.6 Å². The van der Waals surface area contributed by atoms with Crippen LogP contribution in [0.5, 0.6) is 0 Å². The zero-order chi connectivity index (χ0) is 25.8. The molecule has 0 aliphatic carbocycles. The molecular weight excluding hydrogens is 485 g/mol. The van der Waals surface area contributed by atoms with Gasteiger partial charge in [0, 0.05) is 18.8 Å². The van der Waals surface area contributed by atoms with Gasteiger partial charge in [0.15, 0.2) is 5.17 Å². The second-order valence-corrected chi connectivity index (χ2v) is 9.60. The largest absolute Gasteiger partial charge is 0.466 e. The summed E-state index contributed by atoms with van der Waals surface area (Å²) in [7, 11) is 1.31. The summed E-state index contributed by atoms with van der Waals surface area (Å²) in [6, 6.07) is 5.40. The minimum absolute atomic E-state index is 0.0588. The van der Waals surface area contributed by atoms with Crippen LogP contribution in [-0.2, 0) is 23.9 Å². The number of allylic oxidation sites excluding steroid dienone is 1. The van der Waals surface area contributed by atoms with Crippen LogP contribution in [0.15, 0.2) is 51.6 Å². The number of nitrogens with zero attached hydrogens (tertiary/aromatic N) is 3. The number of esters is 2. The Labute approximate surface area is 214 Å². The number of thioether (sulfide) groups is 1. The van der Waals surface area contributed by atoms with E-state index in [1.54, 1.807) is 24.0 Å². The Morgan fingerprint density at radius 2 is 2.06 bits per heavy atom. The summed E-state index contributed by atoms with van der Waals surface area (Å²) < 4.78 is 24.5. The molecule has 1 aromatic carbocycles. The molecule has 2 atom stereocenters. The normalized spacial score (nSPS) is 21.6. The summed E-state index contributed by atoms with van der Waals surface area (Å²) in [5, 5.41) is 2.48. The van der Waals surface area contributed by atoms with E-state index in [4.69, 9.17) is 9.47 Å². The highest BCUT2D eigenvalue weighted by molar-refractivity contribution is 8.16. The molecule has 0 bridgehead atoms. The number of carbonyl (C=O) groups is 3. The Kier molecular flexibility index (Phi) is 8.13. The van der Waals surface area contributed by atoms with E-state index >= 15 is 0 Å². The maximum atomic E-state index is 14.3. The number of amides is 1. The smallest absolute Gasteiger partial charge is 0.338 e. The van der Waals surface area contributed by atoms with Crippen molar-refractivity contribution >= 4 is 34.8 Å². The fourth-order valence-corrected chi connectivity index (χ4v) is 5.76. The van der Waals surface area contributed by atoms with Gasteiger partial charge in [0.25, 0.3) is 0 Å². The monoisotopic (exact) mass is 515 g/mol. The average Bonchev–Trinajstić information content (AvgIpc) is 3.29. The molecule has 1 fully saturated rings. The topological polar surface area (TPSA) is 88.5 Å². The maximum Gasteiger partial charge on any atom is 0.338 e. The van der Waals surface area contributed by atoms with Crippen LogP contribution in [0.1, 0.15) is 51.1 Å². The van der Waals surface area contributed by atoms with Crippen molar-refractivity contribution in [3.8, 4) is 0 Å². The Hall–Kier alpha value is -3.14. The second-order valence-electron chi connectivity index (χ2n) is 8.76. The molecule has 10 heteroatoms. The highest BCUT2D eigenvalue weighted by atomic mass is 32.2. The minimum atomic E-state index is -0.682. The van der Waals surface area contributed by atoms with Gasteiger partial charge in [-0.2, -0.15) is 0 Å². The molecule has 1 saturated heterocycles. The lowest BCUT2D eigenvalue weighted by Crippen LogP contribution is -2.44. The van der Waals surface area contributed by atoms with Gasteiger partial charge in [0.2, 0.25) is 5.91 Å². The van der Waals surface area contributed by atoms with E-state index in [9.17, 15) is 18.8 Å². The van der Waals surface area contributed by atoms with E-state index in [-0.39, 0.29) is 24.2 Å². The van der Waals surface area contributed by atoms with Crippen molar-refractivity contribution in [3.63, 3.8) is 0 Å². The Morgan fingerprint density at radius 3 is 2.75 bits per heavy atom. The van der Waals surface area contributed by atoms with E-state index in [0.29, 0.717) is 60.2 Å². The SMILES string of the molecule is CCOC(=O)[C@@H]1CCCN(C(=O)CC2=CSC3=NC(CC)=C(C(=O)OC)[C@H](c4cccc(F)c4)N23)C1. The number of carbonyl (C=O) groups excluding carboxylic acids is 3. The number of fused-ring (bicyclic) bond motifs is 1. The number of likely N-dealkylation sites (tertiary alicyclic amines) is 1. The Balaban J connectivity index is 1.62. The third kappa shape index (κ3) is 5.18. The Morgan fingerprint density at radius 1 is 1.25 bits per heavy atom. The molecule has 36 heavy (non-hydrogen) atoms.